The Morgan fingerprint density at radius 2 is 1.94 bits per heavy atom. The van der Waals surface area contributed by atoms with Gasteiger partial charge in [0, 0.05) is 5.92 Å². The highest BCUT2D eigenvalue weighted by Gasteiger charge is 2.57. The Labute approximate surface area is 104 Å². The molecule has 3 aliphatic rings. The van der Waals surface area contributed by atoms with Crippen LogP contribution in [-0.2, 0) is 9.53 Å². The third kappa shape index (κ3) is 1.56. The Morgan fingerprint density at radius 3 is 2.71 bits per heavy atom. The van der Waals surface area contributed by atoms with Crippen LogP contribution in [0.25, 0.3) is 0 Å². The minimum absolute atomic E-state index is 0.0465. The fourth-order valence-corrected chi connectivity index (χ4v) is 5.19. The lowest BCUT2D eigenvalue weighted by atomic mass is 9.48. The van der Waals surface area contributed by atoms with Crippen molar-refractivity contribution in [2.45, 2.75) is 65.4 Å². The molecule has 2 nitrogen and oxygen atoms in total. The van der Waals surface area contributed by atoms with Crippen LogP contribution in [0.5, 0.6) is 0 Å². The van der Waals surface area contributed by atoms with Gasteiger partial charge in [-0.15, -0.1) is 0 Å². The second kappa shape index (κ2) is 3.49. The fraction of sp³-hybridized carbons (Fsp3) is 0.933. The van der Waals surface area contributed by atoms with E-state index in [0.717, 1.165) is 12.3 Å². The molecule has 3 rings (SSSR count). The molecule has 2 saturated carbocycles. The Kier molecular flexibility index (Phi) is 2.37. The first-order valence-corrected chi connectivity index (χ1v) is 7.13. The van der Waals surface area contributed by atoms with E-state index in [4.69, 9.17) is 4.74 Å². The van der Waals surface area contributed by atoms with Crippen LogP contribution in [0.1, 0.15) is 59.3 Å². The zero-order valence-corrected chi connectivity index (χ0v) is 11.3. The van der Waals surface area contributed by atoms with Gasteiger partial charge in [0.2, 0.25) is 0 Å². The van der Waals surface area contributed by atoms with Gasteiger partial charge in [-0.1, -0.05) is 27.2 Å². The largest absolute Gasteiger partial charge is 0.462 e. The summed E-state index contributed by atoms with van der Waals surface area (Å²) in [6, 6.07) is 0. The molecule has 1 aliphatic heterocycles. The minimum Gasteiger partial charge on any atom is -0.462 e. The molecule has 0 spiro atoms. The van der Waals surface area contributed by atoms with Gasteiger partial charge in [0.25, 0.3) is 0 Å². The molecule has 0 aromatic heterocycles. The van der Waals surface area contributed by atoms with Gasteiger partial charge in [-0.3, -0.25) is 4.79 Å². The molecule has 0 bridgehead atoms. The van der Waals surface area contributed by atoms with E-state index in [1.807, 2.05) is 0 Å². The summed E-state index contributed by atoms with van der Waals surface area (Å²) in [6.07, 6.45) is 7.21. The summed E-state index contributed by atoms with van der Waals surface area (Å²) in [4.78, 5) is 11.6. The summed E-state index contributed by atoms with van der Waals surface area (Å²) in [5, 5.41) is 0. The summed E-state index contributed by atoms with van der Waals surface area (Å²) in [5.74, 6) is 1.32. The molecular formula is C15H24O2. The third-order valence-electron chi connectivity index (χ3n) is 5.98. The summed E-state index contributed by atoms with van der Waals surface area (Å²) in [5.41, 5.74) is 0.792. The number of rotatable bonds is 0. The molecule has 0 N–H and O–H groups in total. The summed E-state index contributed by atoms with van der Waals surface area (Å²) < 4.78 is 5.51. The fourth-order valence-electron chi connectivity index (χ4n) is 5.19. The van der Waals surface area contributed by atoms with Gasteiger partial charge in [0.05, 0.1) is 6.42 Å². The Hall–Kier alpha value is -0.530. The Morgan fingerprint density at radius 1 is 1.18 bits per heavy atom. The molecule has 1 saturated heterocycles. The second-order valence-electron chi connectivity index (χ2n) is 7.32. The van der Waals surface area contributed by atoms with Gasteiger partial charge in [0.15, 0.2) is 0 Å². The number of fused-ring (bicyclic) bond motifs is 3. The third-order valence-corrected chi connectivity index (χ3v) is 5.98. The molecule has 96 valence electrons. The number of carbonyl (C=O) groups excluding carboxylic acids is 1. The molecule has 1 heterocycles. The van der Waals surface area contributed by atoms with E-state index >= 15 is 0 Å². The lowest BCUT2D eigenvalue weighted by Gasteiger charge is -2.57. The number of hydrogen-bond donors (Lipinski definition) is 0. The Bertz CT molecular complexity index is 347. The lowest BCUT2D eigenvalue weighted by Crippen LogP contribution is -2.51. The van der Waals surface area contributed by atoms with Gasteiger partial charge in [-0.05, 0) is 42.4 Å². The van der Waals surface area contributed by atoms with Gasteiger partial charge < -0.3 is 4.74 Å². The van der Waals surface area contributed by atoms with Gasteiger partial charge >= 0.3 is 5.97 Å². The monoisotopic (exact) mass is 236 g/mol. The molecule has 2 heteroatoms. The van der Waals surface area contributed by atoms with E-state index in [0.29, 0.717) is 23.2 Å². The summed E-state index contributed by atoms with van der Waals surface area (Å²) in [6.45, 7) is 7.28. The van der Waals surface area contributed by atoms with E-state index in [2.05, 4.69) is 20.8 Å². The van der Waals surface area contributed by atoms with Gasteiger partial charge in [0.1, 0.15) is 6.10 Å². The number of ether oxygens (including phenoxy) is 1. The molecule has 17 heavy (non-hydrogen) atoms. The smallest absolute Gasteiger partial charge is 0.306 e. The van der Waals surface area contributed by atoms with Crippen molar-refractivity contribution < 1.29 is 9.53 Å². The van der Waals surface area contributed by atoms with E-state index in [1.165, 1.54) is 25.7 Å². The van der Waals surface area contributed by atoms with Crippen LogP contribution in [0, 0.1) is 22.7 Å². The number of esters is 1. The first-order valence-electron chi connectivity index (χ1n) is 7.13. The average molecular weight is 236 g/mol. The predicted molar refractivity (Wildman–Crippen MR) is 66.5 cm³/mol. The maximum atomic E-state index is 11.6. The highest BCUT2D eigenvalue weighted by Crippen LogP contribution is 2.62. The van der Waals surface area contributed by atoms with Crippen LogP contribution >= 0.6 is 0 Å². The van der Waals surface area contributed by atoms with Crippen LogP contribution in [0.4, 0.5) is 0 Å². The standard InChI is InChI=1S/C15H24O2/c1-14(2)7-4-8-15(3)10-9-13(16)17-11(10)5-6-12(14)15/h10-12H,4-9H2,1-3H3/t10-,11+,12?,15+/m0/s1. The maximum absolute atomic E-state index is 11.6. The zero-order valence-electron chi connectivity index (χ0n) is 11.3. The normalized spacial score (nSPS) is 48.2. The van der Waals surface area contributed by atoms with Crippen LogP contribution in [0.3, 0.4) is 0 Å². The lowest BCUT2D eigenvalue weighted by molar-refractivity contribution is -0.145. The SMILES string of the molecule is CC1(C)CCC[C@@]2(C)C1CC[C@H]1OC(=O)C[C@@H]12. The average Bonchev–Trinajstić information content (AvgIpc) is 2.58. The van der Waals surface area contributed by atoms with Crippen LogP contribution in [0.15, 0.2) is 0 Å². The number of carbonyl (C=O) groups is 1. The van der Waals surface area contributed by atoms with Crippen molar-refractivity contribution in [3.63, 3.8) is 0 Å². The zero-order chi connectivity index (χ0) is 12.3. The molecule has 1 unspecified atom stereocenters. The Balaban J connectivity index is 1.94. The molecular weight excluding hydrogens is 212 g/mol. The van der Waals surface area contributed by atoms with Gasteiger partial charge in [-0.2, -0.15) is 0 Å². The van der Waals surface area contributed by atoms with E-state index < -0.39 is 0 Å². The van der Waals surface area contributed by atoms with Crippen LogP contribution < -0.4 is 0 Å². The number of hydrogen-bond acceptors (Lipinski definition) is 2. The quantitative estimate of drug-likeness (QED) is 0.601. The van der Waals surface area contributed by atoms with Crippen molar-refractivity contribution in [1.82, 2.24) is 0 Å². The summed E-state index contributed by atoms with van der Waals surface area (Å²) >= 11 is 0. The molecule has 3 fully saturated rings. The second-order valence-corrected chi connectivity index (χ2v) is 7.32. The van der Waals surface area contributed by atoms with Crippen LogP contribution in [0.2, 0.25) is 0 Å². The van der Waals surface area contributed by atoms with Crippen molar-refractivity contribution in [1.29, 1.82) is 0 Å². The van der Waals surface area contributed by atoms with Crippen molar-refractivity contribution in [3.8, 4) is 0 Å². The molecule has 2 aliphatic carbocycles. The van der Waals surface area contributed by atoms with Crippen molar-refractivity contribution in [3.05, 3.63) is 0 Å². The van der Waals surface area contributed by atoms with Crippen molar-refractivity contribution in [2.24, 2.45) is 22.7 Å². The van der Waals surface area contributed by atoms with Crippen LogP contribution in [-0.4, -0.2) is 12.1 Å². The predicted octanol–water partition coefficient (Wildman–Crippen LogP) is 3.54. The van der Waals surface area contributed by atoms with Crippen molar-refractivity contribution in [2.75, 3.05) is 0 Å². The molecule has 4 atom stereocenters. The molecule has 0 aromatic carbocycles. The van der Waals surface area contributed by atoms with Gasteiger partial charge in [-0.25, -0.2) is 0 Å². The molecule has 0 aromatic rings. The van der Waals surface area contributed by atoms with E-state index in [9.17, 15) is 4.79 Å². The molecule has 0 radical (unpaired) electrons. The maximum Gasteiger partial charge on any atom is 0.306 e. The topological polar surface area (TPSA) is 26.3 Å². The van der Waals surface area contributed by atoms with Crippen molar-refractivity contribution >= 4 is 5.97 Å². The first kappa shape index (κ1) is 11.6. The summed E-state index contributed by atoms with van der Waals surface area (Å²) in [7, 11) is 0. The highest BCUT2D eigenvalue weighted by molar-refractivity contribution is 5.72. The highest BCUT2D eigenvalue weighted by atomic mass is 16.5. The van der Waals surface area contributed by atoms with E-state index in [1.54, 1.807) is 0 Å². The molecule has 0 amide bonds. The first-order chi connectivity index (χ1) is 7.93. The van der Waals surface area contributed by atoms with E-state index in [-0.39, 0.29) is 12.1 Å². The minimum atomic E-state index is 0.0465.